The van der Waals surface area contributed by atoms with E-state index in [1.54, 1.807) is 0 Å². The lowest BCUT2D eigenvalue weighted by atomic mass is 9.92. The Morgan fingerprint density at radius 2 is 1.82 bits per heavy atom. The van der Waals surface area contributed by atoms with Crippen molar-refractivity contribution >= 4 is 17.0 Å². The molecule has 1 aliphatic heterocycles. The van der Waals surface area contributed by atoms with Gasteiger partial charge < -0.3 is 0 Å². The first kappa shape index (κ1) is 18.2. The molecule has 0 amide bonds. The fourth-order valence-electron chi connectivity index (χ4n) is 3.94. The van der Waals surface area contributed by atoms with Gasteiger partial charge in [-0.2, -0.15) is 9.61 Å². The Labute approximate surface area is 170 Å². The standard InChI is InChI=1S/C21H28N6S/c1-21(2,3)17-6-7-18-23-24-19(27(18)25-17)14-8-10-26(11-9-14)13-16-12-22-20(28-16)15-4-5-15/h6-7,12,14-15H,4-5,8-11,13H2,1-3H3. The Balaban J connectivity index is 1.27. The first-order valence-electron chi connectivity index (χ1n) is 10.4. The maximum atomic E-state index is 4.87. The summed E-state index contributed by atoms with van der Waals surface area (Å²) < 4.78 is 1.98. The summed E-state index contributed by atoms with van der Waals surface area (Å²) in [7, 11) is 0. The van der Waals surface area contributed by atoms with Gasteiger partial charge in [0.05, 0.1) is 10.7 Å². The van der Waals surface area contributed by atoms with Crippen molar-refractivity contribution < 1.29 is 0 Å². The highest BCUT2D eigenvalue weighted by atomic mass is 32.1. The van der Waals surface area contributed by atoms with Crippen LogP contribution in [0.4, 0.5) is 0 Å². The minimum absolute atomic E-state index is 0.0210. The van der Waals surface area contributed by atoms with Crippen molar-refractivity contribution in [1.29, 1.82) is 0 Å². The molecule has 1 saturated heterocycles. The van der Waals surface area contributed by atoms with Crippen LogP contribution in [-0.4, -0.2) is 42.8 Å². The average Bonchev–Trinajstić information content (AvgIpc) is 3.27. The van der Waals surface area contributed by atoms with Crippen LogP contribution < -0.4 is 0 Å². The van der Waals surface area contributed by atoms with Crippen molar-refractivity contribution in [2.24, 2.45) is 0 Å². The van der Waals surface area contributed by atoms with E-state index in [9.17, 15) is 0 Å². The van der Waals surface area contributed by atoms with Crippen molar-refractivity contribution in [2.75, 3.05) is 13.1 Å². The molecular formula is C21H28N6S. The highest BCUT2D eigenvalue weighted by molar-refractivity contribution is 7.11. The fraction of sp³-hybridized carbons (Fsp3) is 0.619. The van der Waals surface area contributed by atoms with Crippen LogP contribution >= 0.6 is 11.3 Å². The molecule has 2 fully saturated rings. The molecule has 4 heterocycles. The summed E-state index contributed by atoms with van der Waals surface area (Å²) in [6, 6.07) is 4.11. The van der Waals surface area contributed by atoms with Gasteiger partial charge in [0.15, 0.2) is 11.5 Å². The van der Waals surface area contributed by atoms with Crippen LogP contribution in [0.5, 0.6) is 0 Å². The van der Waals surface area contributed by atoms with E-state index in [1.807, 2.05) is 21.9 Å². The molecule has 148 valence electrons. The number of thiazole rings is 1. The largest absolute Gasteiger partial charge is 0.298 e. The van der Waals surface area contributed by atoms with Gasteiger partial charge in [-0.1, -0.05) is 20.8 Å². The van der Waals surface area contributed by atoms with E-state index in [4.69, 9.17) is 5.10 Å². The minimum atomic E-state index is 0.0210. The van der Waals surface area contributed by atoms with Crippen LogP contribution in [0.25, 0.3) is 5.65 Å². The Morgan fingerprint density at radius 3 is 2.54 bits per heavy atom. The molecular weight excluding hydrogens is 368 g/mol. The van der Waals surface area contributed by atoms with Gasteiger partial charge in [0.2, 0.25) is 0 Å². The van der Waals surface area contributed by atoms with Gasteiger partial charge in [-0.15, -0.1) is 21.5 Å². The first-order chi connectivity index (χ1) is 13.5. The zero-order valence-corrected chi connectivity index (χ0v) is 17.7. The Hall–Kier alpha value is -1.86. The molecule has 3 aromatic heterocycles. The third-order valence-electron chi connectivity index (χ3n) is 5.89. The Morgan fingerprint density at radius 1 is 1.04 bits per heavy atom. The lowest BCUT2D eigenvalue weighted by Gasteiger charge is -2.30. The number of fused-ring (bicyclic) bond motifs is 1. The van der Waals surface area contributed by atoms with Gasteiger partial charge >= 0.3 is 0 Å². The number of hydrogen-bond donors (Lipinski definition) is 0. The van der Waals surface area contributed by atoms with Gasteiger partial charge in [0.1, 0.15) is 0 Å². The fourth-order valence-corrected chi connectivity index (χ4v) is 5.07. The Kier molecular flexibility index (Phi) is 4.47. The van der Waals surface area contributed by atoms with Crippen molar-refractivity contribution in [3.8, 4) is 0 Å². The Bertz CT molecular complexity index is 972. The van der Waals surface area contributed by atoms with Crippen LogP contribution in [-0.2, 0) is 12.0 Å². The molecule has 0 radical (unpaired) electrons. The second-order valence-corrected chi connectivity index (χ2v) is 10.4. The lowest BCUT2D eigenvalue weighted by Crippen LogP contribution is -2.33. The maximum Gasteiger partial charge on any atom is 0.177 e. The average molecular weight is 397 g/mol. The molecule has 1 aliphatic carbocycles. The summed E-state index contributed by atoms with van der Waals surface area (Å²) in [5.41, 5.74) is 1.95. The highest BCUT2D eigenvalue weighted by Gasteiger charge is 2.28. The van der Waals surface area contributed by atoms with E-state index in [2.05, 4.69) is 53.1 Å². The molecule has 28 heavy (non-hydrogen) atoms. The van der Waals surface area contributed by atoms with E-state index in [0.717, 1.165) is 55.6 Å². The number of aromatic nitrogens is 5. The van der Waals surface area contributed by atoms with Crippen LogP contribution in [0.15, 0.2) is 18.3 Å². The molecule has 0 unspecified atom stereocenters. The van der Waals surface area contributed by atoms with E-state index in [0.29, 0.717) is 5.92 Å². The minimum Gasteiger partial charge on any atom is -0.298 e. The van der Waals surface area contributed by atoms with Crippen LogP contribution in [0.2, 0.25) is 0 Å². The smallest absolute Gasteiger partial charge is 0.177 e. The monoisotopic (exact) mass is 396 g/mol. The number of likely N-dealkylation sites (tertiary alicyclic amines) is 1. The van der Waals surface area contributed by atoms with E-state index < -0.39 is 0 Å². The quantitative estimate of drug-likeness (QED) is 0.663. The molecule has 2 aliphatic rings. The number of rotatable bonds is 4. The van der Waals surface area contributed by atoms with Gasteiger partial charge in [0, 0.05) is 34.9 Å². The summed E-state index contributed by atoms with van der Waals surface area (Å²) in [5.74, 6) is 2.21. The van der Waals surface area contributed by atoms with Gasteiger partial charge in [-0.05, 0) is 50.9 Å². The second-order valence-electron chi connectivity index (χ2n) is 9.29. The molecule has 1 saturated carbocycles. The first-order valence-corrected chi connectivity index (χ1v) is 11.2. The molecule has 0 N–H and O–H groups in total. The van der Waals surface area contributed by atoms with Crippen LogP contribution in [0.1, 0.15) is 79.7 Å². The molecule has 0 bridgehead atoms. The predicted octanol–water partition coefficient (Wildman–Crippen LogP) is 4.14. The van der Waals surface area contributed by atoms with Crippen LogP contribution in [0, 0.1) is 0 Å². The van der Waals surface area contributed by atoms with Crippen molar-refractivity contribution in [1.82, 2.24) is 29.7 Å². The summed E-state index contributed by atoms with van der Waals surface area (Å²) in [6.45, 7) is 9.79. The third-order valence-corrected chi connectivity index (χ3v) is 7.03. The topological polar surface area (TPSA) is 59.2 Å². The van der Waals surface area contributed by atoms with E-state index >= 15 is 0 Å². The van der Waals surface area contributed by atoms with E-state index in [1.165, 1.54) is 22.7 Å². The summed E-state index contributed by atoms with van der Waals surface area (Å²) >= 11 is 1.91. The normalized spacial score (nSPS) is 19.5. The maximum absolute atomic E-state index is 4.87. The molecule has 0 aromatic carbocycles. The number of nitrogens with zero attached hydrogens (tertiary/aromatic N) is 6. The third kappa shape index (κ3) is 3.57. The summed E-state index contributed by atoms with van der Waals surface area (Å²) in [6.07, 6.45) is 6.96. The van der Waals surface area contributed by atoms with Crippen molar-refractivity contribution in [2.45, 2.75) is 70.3 Å². The molecule has 0 spiro atoms. The molecule has 5 rings (SSSR count). The second kappa shape index (κ2) is 6.88. The van der Waals surface area contributed by atoms with Gasteiger partial charge in [-0.25, -0.2) is 4.98 Å². The van der Waals surface area contributed by atoms with Gasteiger partial charge in [-0.3, -0.25) is 4.90 Å². The lowest BCUT2D eigenvalue weighted by molar-refractivity contribution is 0.202. The van der Waals surface area contributed by atoms with Crippen molar-refractivity contribution in [3.05, 3.63) is 39.7 Å². The zero-order chi connectivity index (χ0) is 19.3. The molecule has 7 heteroatoms. The van der Waals surface area contributed by atoms with Gasteiger partial charge in [0.25, 0.3) is 0 Å². The number of hydrogen-bond acceptors (Lipinski definition) is 6. The van der Waals surface area contributed by atoms with E-state index in [-0.39, 0.29) is 5.41 Å². The highest BCUT2D eigenvalue weighted by Crippen LogP contribution is 2.42. The predicted molar refractivity (Wildman–Crippen MR) is 111 cm³/mol. The summed E-state index contributed by atoms with van der Waals surface area (Å²) in [4.78, 5) is 8.58. The summed E-state index contributed by atoms with van der Waals surface area (Å²) in [5, 5.41) is 15.1. The zero-order valence-electron chi connectivity index (χ0n) is 16.9. The molecule has 0 atom stereocenters. The molecule has 6 nitrogen and oxygen atoms in total. The van der Waals surface area contributed by atoms with Crippen molar-refractivity contribution in [3.63, 3.8) is 0 Å². The SMILES string of the molecule is CC(C)(C)c1ccc2nnc(C3CCN(Cc4cnc(C5CC5)s4)CC3)n2n1. The molecule has 3 aromatic rings. The van der Waals surface area contributed by atoms with Crippen LogP contribution in [0.3, 0.4) is 0 Å². The number of piperidine rings is 1.